The van der Waals surface area contributed by atoms with Gasteiger partial charge in [0, 0.05) is 12.1 Å². The highest BCUT2D eigenvalue weighted by atomic mass is 32.1. The number of hydrogen-bond donors (Lipinski definition) is 2. The first-order valence-corrected chi connectivity index (χ1v) is 8.88. The molecule has 28 heavy (non-hydrogen) atoms. The van der Waals surface area contributed by atoms with Gasteiger partial charge in [0.1, 0.15) is 5.69 Å². The summed E-state index contributed by atoms with van der Waals surface area (Å²) in [6.45, 7) is 1.76. The zero-order valence-corrected chi connectivity index (χ0v) is 15.8. The fourth-order valence-electron chi connectivity index (χ4n) is 2.77. The SMILES string of the molecule is Cc1ccc(NC(=S)NC(=O)/C=C/c2cccc3ccccc23)c([N+](=O)[O-])c1. The Morgan fingerprint density at radius 3 is 2.64 bits per heavy atom. The van der Waals surface area contributed by atoms with Crippen molar-refractivity contribution >= 4 is 51.5 Å². The van der Waals surface area contributed by atoms with E-state index in [-0.39, 0.29) is 16.5 Å². The van der Waals surface area contributed by atoms with Gasteiger partial charge in [-0.1, -0.05) is 48.5 Å². The molecule has 0 atom stereocenters. The van der Waals surface area contributed by atoms with Crippen molar-refractivity contribution in [3.05, 3.63) is 88.0 Å². The topological polar surface area (TPSA) is 84.3 Å². The summed E-state index contributed by atoms with van der Waals surface area (Å²) >= 11 is 5.10. The van der Waals surface area contributed by atoms with Gasteiger partial charge in [-0.05, 0) is 53.2 Å². The molecule has 0 saturated heterocycles. The molecule has 0 bridgehead atoms. The Bertz CT molecular complexity index is 1100. The smallest absolute Gasteiger partial charge is 0.292 e. The van der Waals surface area contributed by atoms with Gasteiger partial charge in [0.15, 0.2) is 5.11 Å². The summed E-state index contributed by atoms with van der Waals surface area (Å²) in [5, 5.41) is 18.5. The Balaban J connectivity index is 1.69. The van der Waals surface area contributed by atoms with Gasteiger partial charge >= 0.3 is 0 Å². The van der Waals surface area contributed by atoms with Crippen LogP contribution < -0.4 is 10.6 Å². The van der Waals surface area contributed by atoms with Gasteiger partial charge in [0.25, 0.3) is 5.69 Å². The van der Waals surface area contributed by atoms with Crippen molar-refractivity contribution in [3.8, 4) is 0 Å². The van der Waals surface area contributed by atoms with Crippen LogP contribution in [0.15, 0.2) is 66.7 Å². The van der Waals surface area contributed by atoms with Crippen LogP contribution in [0.3, 0.4) is 0 Å². The van der Waals surface area contributed by atoms with Crippen LogP contribution in [0, 0.1) is 17.0 Å². The highest BCUT2D eigenvalue weighted by Crippen LogP contribution is 2.25. The second kappa shape index (κ2) is 8.41. The quantitative estimate of drug-likeness (QED) is 0.294. The number of benzene rings is 3. The first-order chi connectivity index (χ1) is 13.4. The Labute approximate surface area is 167 Å². The number of anilines is 1. The molecule has 0 aliphatic carbocycles. The van der Waals surface area contributed by atoms with E-state index in [1.54, 1.807) is 25.1 Å². The standard InChI is InChI=1S/C21H17N3O3S/c1-14-9-11-18(19(13-14)24(26)27)22-21(28)23-20(25)12-10-16-7-4-6-15-5-2-3-8-17(15)16/h2-13H,1H3,(H2,22,23,25,28)/b12-10+. The summed E-state index contributed by atoms with van der Waals surface area (Å²) in [6, 6.07) is 18.4. The van der Waals surface area contributed by atoms with E-state index in [2.05, 4.69) is 10.6 Å². The van der Waals surface area contributed by atoms with Crippen molar-refractivity contribution in [1.82, 2.24) is 5.32 Å². The summed E-state index contributed by atoms with van der Waals surface area (Å²) < 4.78 is 0. The van der Waals surface area contributed by atoms with Gasteiger partial charge in [-0.2, -0.15) is 0 Å². The lowest BCUT2D eigenvalue weighted by atomic mass is 10.0. The van der Waals surface area contributed by atoms with Crippen LogP contribution in [-0.4, -0.2) is 15.9 Å². The van der Waals surface area contributed by atoms with E-state index in [4.69, 9.17) is 12.2 Å². The number of aryl methyl sites for hydroxylation is 1. The summed E-state index contributed by atoms with van der Waals surface area (Å²) in [6.07, 6.45) is 3.08. The lowest BCUT2D eigenvalue weighted by Crippen LogP contribution is -2.33. The molecule has 1 amide bonds. The molecule has 0 spiro atoms. The molecular weight excluding hydrogens is 374 g/mol. The van der Waals surface area contributed by atoms with Crippen LogP contribution in [0.5, 0.6) is 0 Å². The van der Waals surface area contributed by atoms with E-state index in [1.165, 1.54) is 12.1 Å². The number of nitrogens with one attached hydrogen (secondary N) is 2. The molecule has 7 heteroatoms. The molecule has 0 heterocycles. The van der Waals surface area contributed by atoms with Crippen LogP contribution in [0.25, 0.3) is 16.8 Å². The summed E-state index contributed by atoms with van der Waals surface area (Å²) in [5.74, 6) is -0.430. The normalized spacial score (nSPS) is 10.8. The number of carbonyl (C=O) groups is 1. The summed E-state index contributed by atoms with van der Waals surface area (Å²) in [4.78, 5) is 22.8. The molecule has 0 aliphatic rings. The molecule has 0 fully saturated rings. The van der Waals surface area contributed by atoms with E-state index in [0.717, 1.165) is 21.9 Å². The second-order valence-corrected chi connectivity index (χ2v) is 6.53. The minimum Gasteiger partial charge on any atom is -0.327 e. The number of nitro groups is 1. The predicted molar refractivity (Wildman–Crippen MR) is 115 cm³/mol. The molecule has 0 aromatic heterocycles. The maximum Gasteiger partial charge on any atom is 0.292 e. The molecule has 0 aliphatic heterocycles. The maximum atomic E-state index is 12.2. The zero-order valence-electron chi connectivity index (χ0n) is 15.0. The Kier molecular flexibility index (Phi) is 5.76. The number of rotatable bonds is 4. The van der Waals surface area contributed by atoms with Crippen molar-refractivity contribution in [2.24, 2.45) is 0 Å². The van der Waals surface area contributed by atoms with E-state index >= 15 is 0 Å². The highest BCUT2D eigenvalue weighted by Gasteiger charge is 2.15. The fourth-order valence-corrected chi connectivity index (χ4v) is 2.98. The summed E-state index contributed by atoms with van der Waals surface area (Å²) in [7, 11) is 0. The molecule has 0 radical (unpaired) electrons. The second-order valence-electron chi connectivity index (χ2n) is 6.12. The van der Waals surface area contributed by atoms with Crippen LogP contribution in [0.2, 0.25) is 0 Å². The Morgan fingerprint density at radius 2 is 1.86 bits per heavy atom. The largest absolute Gasteiger partial charge is 0.327 e. The molecule has 3 aromatic carbocycles. The molecule has 2 N–H and O–H groups in total. The first-order valence-electron chi connectivity index (χ1n) is 8.47. The van der Waals surface area contributed by atoms with E-state index in [9.17, 15) is 14.9 Å². The van der Waals surface area contributed by atoms with Crippen LogP contribution in [-0.2, 0) is 4.79 Å². The van der Waals surface area contributed by atoms with Crippen LogP contribution >= 0.6 is 12.2 Å². The Morgan fingerprint density at radius 1 is 1.11 bits per heavy atom. The van der Waals surface area contributed by atoms with Gasteiger partial charge in [-0.25, -0.2) is 0 Å². The molecule has 6 nitrogen and oxygen atoms in total. The molecule has 3 rings (SSSR count). The molecule has 0 saturated carbocycles. The average Bonchev–Trinajstić information content (AvgIpc) is 2.67. The van der Waals surface area contributed by atoms with Crippen LogP contribution in [0.1, 0.15) is 11.1 Å². The fraction of sp³-hybridized carbons (Fsp3) is 0.0476. The van der Waals surface area contributed by atoms with E-state index < -0.39 is 10.8 Å². The lowest BCUT2D eigenvalue weighted by Gasteiger charge is -2.09. The third kappa shape index (κ3) is 4.57. The summed E-state index contributed by atoms with van der Waals surface area (Å²) in [5.41, 5.74) is 1.77. The zero-order chi connectivity index (χ0) is 20.1. The lowest BCUT2D eigenvalue weighted by molar-refractivity contribution is -0.383. The molecular formula is C21H17N3O3S. The highest BCUT2D eigenvalue weighted by molar-refractivity contribution is 7.80. The van der Waals surface area contributed by atoms with Gasteiger partial charge in [0.2, 0.25) is 5.91 Å². The first kappa shape index (κ1) is 19.2. The number of amides is 1. The van der Waals surface area contributed by atoms with E-state index in [0.29, 0.717) is 0 Å². The average molecular weight is 391 g/mol. The molecule has 0 unspecified atom stereocenters. The number of nitrogens with zero attached hydrogens (tertiary/aromatic N) is 1. The van der Waals surface area contributed by atoms with E-state index in [1.807, 2.05) is 42.5 Å². The van der Waals surface area contributed by atoms with Crippen molar-refractivity contribution in [2.75, 3.05) is 5.32 Å². The van der Waals surface area contributed by atoms with Gasteiger partial charge in [-0.15, -0.1) is 0 Å². The minimum atomic E-state index is -0.500. The van der Waals surface area contributed by atoms with Crippen molar-refractivity contribution in [3.63, 3.8) is 0 Å². The minimum absolute atomic E-state index is 0.0143. The third-order valence-electron chi connectivity index (χ3n) is 4.07. The van der Waals surface area contributed by atoms with Crippen molar-refractivity contribution in [2.45, 2.75) is 6.92 Å². The number of carbonyl (C=O) groups excluding carboxylic acids is 1. The van der Waals surface area contributed by atoms with Gasteiger partial charge in [-0.3, -0.25) is 20.2 Å². The number of nitro benzene ring substituents is 1. The van der Waals surface area contributed by atoms with Crippen molar-refractivity contribution < 1.29 is 9.72 Å². The maximum absolute atomic E-state index is 12.2. The van der Waals surface area contributed by atoms with Crippen LogP contribution in [0.4, 0.5) is 11.4 Å². The number of thiocarbonyl (C=S) groups is 1. The number of hydrogen-bond acceptors (Lipinski definition) is 4. The Hall–Kier alpha value is -3.58. The predicted octanol–water partition coefficient (Wildman–Crippen LogP) is 4.58. The van der Waals surface area contributed by atoms with Gasteiger partial charge in [0.05, 0.1) is 4.92 Å². The van der Waals surface area contributed by atoms with Crippen molar-refractivity contribution in [1.29, 1.82) is 0 Å². The molecule has 3 aromatic rings. The molecule has 140 valence electrons. The van der Waals surface area contributed by atoms with Gasteiger partial charge < -0.3 is 5.32 Å². The number of fused-ring (bicyclic) bond motifs is 1. The third-order valence-corrected chi connectivity index (χ3v) is 4.28. The monoisotopic (exact) mass is 391 g/mol.